The SMILES string of the molecule is CCCCOC[C@H]1S[C@@H](c2ccc(OC)c(CC3Cc4ccccc4S3)c2)[C@H](OCCCC)[C@@H](OCCCC)[C@@H]1OCCCC. The maximum Gasteiger partial charge on any atom is 0.122 e. The lowest BCUT2D eigenvalue weighted by Crippen LogP contribution is -2.55. The molecule has 0 amide bonds. The second-order valence-electron chi connectivity index (χ2n) is 12.4. The third-order valence-corrected chi connectivity index (χ3v) is 11.7. The quantitative estimate of drug-likeness (QED) is 0.124. The summed E-state index contributed by atoms with van der Waals surface area (Å²) in [4.78, 5) is 1.41. The zero-order valence-corrected chi connectivity index (χ0v) is 30.1. The molecule has 252 valence electrons. The van der Waals surface area contributed by atoms with Gasteiger partial charge in [-0.25, -0.2) is 0 Å². The van der Waals surface area contributed by atoms with Gasteiger partial charge in [0.25, 0.3) is 0 Å². The highest BCUT2D eigenvalue weighted by Crippen LogP contribution is 2.48. The monoisotopic (exact) mass is 658 g/mol. The highest BCUT2D eigenvalue weighted by molar-refractivity contribution is 8.00. The summed E-state index contributed by atoms with van der Waals surface area (Å²) in [5.41, 5.74) is 4.02. The Morgan fingerprint density at radius 1 is 0.733 bits per heavy atom. The number of rotatable bonds is 21. The fourth-order valence-electron chi connectivity index (χ4n) is 6.18. The van der Waals surface area contributed by atoms with Gasteiger partial charge in [-0.15, -0.1) is 23.5 Å². The summed E-state index contributed by atoms with van der Waals surface area (Å²) in [6.07, 6.45) is 10.4. The number of fused-ring (bicyclic) bond motifs is 1. The Morgan fingerprint density at radius 3 is 2.04 bits per heavy atom. The number of hydrogen-bond donors (Lipinski definition) is 0. The number of methoxy groups -OCH3 is 1. The molecular formula is C38H58O5S2. The Labute approximate surface area is 282 Å². The van der Waals surface area contributed by atoms with Crippen molar-refractivity contribution >= 4 is 23.5 Å². The molecule has 1 fully saturated rings. The van der Waals surface area contributed by atoms with Gasteiger partial charge in [0, 0.05) is 36.6 Å². The van der Waals surface area contributed by atoms with Crippen molar-refractivity contribution in [2.45, 2.75) is 131 Å². The smallest absolute Gasteiger partial charge is 0.122 e. The lowest BCUT2D eigenvalue weighted by Gasteiger charge is -2.46. The molecule has 4 rings (SSSR count). The number of thioether (sulfide) groups is 2. The van der Waals surface area contributed by atoms with Gasteiger partial charge in [-0.2, -0.15) is 0 Å². The standard InChI is InChI=1S/C38H58O5S2/c1-6-10-20-40-27-34-35(41-21-11-7-2)36(42-22-12-8-3)37(43-23-13-9-4)38(45-34)29-18-19-32(39-5)30(24-29)26-31-25-28-16-14-15-17-33(28)44-31/h14-19,24,31,34-38H,6-13,20-23,25-27H2,1-5H3/t31?,34-,35-,36+,37-,38+/m1/s1. The van der Waals surface area contributed by atoms with E-state index in [0.717, 1.165) is 96.4 Å². The Hall–Kier alpha value is -1.22. The van der Waals surface area contributed by atoms with E-state index in [-0.39, 0.29) is 28.8 Å². The van der Waals surface area contributed by atoms with Crippen LogP contribution in [0.1, 0.15) is 101 Å². The minimum atomic E-state index is -0.151. The Morgan fingerprint density at radius 2 is 1.38 bits per heavy atom. The van der Waals surface area contributed by atoms with Crippen LogP contribution in [0, 0.1) is 0 Å². The topological polar surface area (TPSA) is 46.2 Å². The molecule has 1 unspecified atom stereocenters. The van der Waals surface area contributed by atoms with E-state index in [4.69, 9.17) is 23.7 Å². The molecule has 2 heterocycles. The van der Waals surface area contributed by atoms with Gasteiger partial charge >= 0.3 is 0 Å². The third kappa shape index (κ3) is 10.6. The molecule has 6 atom stereocenters. The maximum absolute atomic E-state index is 6.83. The largest absolute Gasteiger partial charge is 0.496 e. The van der Waals surface area contributed by atoms with Crippen LogP contribution in [-0.4, -0.2) is 69.0 Å². The van der Waals surface area contributed by atoms with E-state index in [9.17, 15) is 0 Å². The Balaban J connectivity index is 1.65. The fraction of sp³-hybridized carbons (Fsp3) is 0.684. The van der Waals surface area contributed by atoms with Crippen LogP contribution in [0.3, 0.4) is 0 Å². The second-order valence-corrected chi connectivity index (χ2v) is 15.1. The molecule has 2 aliphatic heterocycles. The van der Waals surface area contributed by atoms with Gasteiger partial charge in [-0.05, 0) is 67.3 Å². The van der Waals surface area contributed by atoms with Crippen LogP contribution in [0.2, 0.25) is 0 Å². The fourth-order valence-corrected chi connectivity index (χ4v) is 9.15. The summed E-state index contributed by atoms with van der Waals surface area (Å²) in [7, 11) is 1.79. The summed E-state index contributed by atoms with van der Waals surface area (Å²) in [5.74, 6) is 0.968. The molecular weight excluding hydrogens is 601 g/mol. The molecule has 5 nitrogen and oxygen atoms in total. The van der Waals surface area contributed by atoms with Crippen molar-refractivity contribution in [3.63, 3.8) is 0 Å². The molecule has 2 aliphatic rings. The van der Waals surface area contributed by atoms with Gasteiger partial charge in [-0.3, -0.25) is 0 Å². The highest BCUT2D eigenvalue weighted by Gasteiger charge is 2.48. The number of hydrogen-bond acceptors (Lipinski definition) is 7. The molecule has 2 aromatic carbocycles. The van der Waals surface area contributed by atoms with E-state index < -0.39 is 0 Å². The first kappa shape index (κ1) is 36.6. The summed E-state index contributed by atoms with van der Waals surface area (Å²) in [6, 6.07) is 15.6. The van der Waals surface area contributed by atoms with Crippen LogP contribution in [0.4, 0.5) is 0 Å². The predicted octanol–water partition coefficient (Wildman–Crippen LogP) is 9.48. The van der Waals surface area contributed by atoms with E-state index in [1.807, 2.05) is 23.5 Å². The van der Waals surface area contributed by atoms with Gasteiger partial charge in [0.1, 0.15) is 24.1 Å². The van der Waals surface area contributed by atoms with Gasteiger partial charge in [0.15, 0.2) is 0 Å². The molecule has 0 saturated carbocycles. The maximum atomic E-state index is 6.83. The molecule has 0 radical (unpaired) electrons. The van der Waals surface area contributed by atoms with Crippen LogP contribution in [0.25, 0.3) is 0 Å². The molecule has 0 aliphatic carbocycles. The molecule has 0 spiro atoms. The van der Waals surface area contributed by atoms with Gasteiger partial charge in [0.2, 0.25) is 0 Å². The molecule has 1 saturated heterocycles. The van der Waals surface area contributed by atoms with Crippen molar-refractivity contribution in [3.05, 3.63) is 59.2 Å². The van der Waals surface area contributed by atoms with Crippen LogP contribution >= 0.6 is 23.5 Å². The summed E-state index contributed by atoms with van der Waals surface area (Å²) >= 11 is 3.97. The van der Waals surface area contributed by atoms with Crippen LogP contribution in [-0.2, 0) is 31.8 Å². The van der Waals surface area contributed by atoms with E-state index >= 15 is 0 Å². The van der Waals surface area contributed by atoms with E-state index in [1.165, 1.54) is 21.6 Å². The molecule has 0 N–H and O–H groups in total. The highest BCUT2D eigenvalue weighted by atomic mass is 32.2. The van der Waals surface area contributed by atoms with Gasteiger partial charge < -0.3 is 23.7 Å². The first-order valence-electron chi connectivity index (χ1n) is 17.6. The first-order chi connectivity index (χ1) is 22.1. The Kier molecular flexibility index (Phi) is 16.4. The molecule has 7 heteroatoms. The van der Waals surface area contributed by atoms with Crippen molar-refractivity contribution in [2.75, 3.05) is 40.1 Å². The number of unbranched alkanes of at least 4 members (excludes halogenated alkanes) is 4. The molecule has 2 aromatic rings. The van der Waals surface area contributed by atoms with Crippen molar-refractivity contribution in [3.8, 4) is 5.75 Å². The first-order valence-corrected chi connectivity index (χ1v) is 19.4. The third-order valence-electron chi connectivity index (χ3n) is 8.78. The minimum Gasteiger partial charge on any atom is -0.496 e. The Bertz CT molecular complexity index is 1090. The minimum absolute atomic E-state index is 0.0750. The van der Waals surface area contributed by atoms with Crippen molar-refractivity contribution in [1.82, 2.24) is 0 Å². The van der Waals surface area contributed by atoms with Crippen LogP contribution < -0.4 is 4.74 Å². The predicted molar refractivity (Wildman–Crippen MR) is 190 cm³/mol. The second kappa shape index (κ2) is 20.2. The zero-order valence-electron chi connectivity index (χ0n) is 28.5. The average molecular weight is 659 g/mol. The zero-order chi connectivity index (χ0) is 31.9. The van der Waals surface area contributed by atoms with E-state index in [0.29, 0.717) is 11.9 Å². The van der Waals surface area contributed by atoms with Crippen molar-refractivity contribution in [1.29, 1.82) is 0 Å². The normalized spacial score (nSPS) is 24.6. The van der Waals surface area contributed by atoms with Gasteiger partial charge in [-0.1, -0.05) is 83.7 Å². The molecule has 0 bridgehead atoms. The van der Waals surface area contributed by atoms with E-state index in [1.54, 1.807) is 7.11 Å². The van der Waals surface area contributed by atoms with Crippen molar-refractivity contribution in [2.24, 2.45) is 0 Å². The molecule has 0 aromatic heterocycles. The summed E-state index contributed by atoms with van der Waals surface area (Å²) in [5, 5.41) is 0.771. The lowest BCUT2D eigenvalue weighted by molar-refractivity contribution is -0.149. The number of ether oxygens (including phenoxy) is 5. The van der Waals surface area contributed by atoms with Crippen LogP contribution in [0.5, 0.6) is 5.75 Å². The average Bonchev–Trinajstić information content (AvgIpc) is 3.47. The summed E-state index contributed by atoms with van der Waals surface area (Å²) in [6.45, 7) is 12.5. The number of benzene rings is 2. The van der Waals surface area contributed by atoms with E-state index in [2.05, 4.69) is 70.2 Å². The summed E-state index contributed by atoms with van der Waals surface area (Å²) < 4.78 is 32.6. The van der Waals surface area contributed by atoms with Gasteiger partial charge in [0.05, 0.1) is 24.2 Å². The van der Waals surface area contributed by atoms with Crippen molar-refractivity contribution < 1.29 is 23.7 Å². The molecule has 45 heavy (non-hydrogen) atoms. The van der Waals surface area contributed by atoms with Crippen LogP contribution in [0.15, 0.2) is 47.4 Å². The lowest BCUT2D eigenvalue weighted by atomic mass is 9.94.